The minimum Gasteiger partial charge on any atom is -0.347 e. The van der Waals surface area contributed by atoms with E-state index in [1.165, 1.54) is 0 Å². The molecule has 0 atom stereocenters. The van der Waals surface area contributed by atoms with E-state index in [2.05, 4.69) is 5.32 Å². The number of benzene rings is 1. The van der Waals surface area contributed by atoms with Crippen LogP contribution >= 0.6 is 0 Å². The van der Waals surface area contributed by atoms with Gasteiger partial charge in [-0.3, -0.25) is 4.79 Å². The first-order valence-electron chi connectivity index (χ1n) is 6.83. The first kappa shape index (κ1) is 17.6. The van der Waals surface area contributed by atoms with E-state index in [0.29, 0.717) is 0 Å². The molecule has 0 aliphatic rings. The number of carbonyl (C=O) groups is 1. The molecule has 0 saturated carbocycles. The van der Waals surface area contributed by atoms with Gasteiger partial charge in [0.05, 0.1) is 4.90 Å². The number of primary sulfonamides is 1. The second-order valence-corrected chi connectivity index (χ2v) is 6.58. The van der Waals surface area contributed by atoms with Crippen molar-refractivity contribution in [2.24, 2.45) is 5.14 Å². The summed E-state index contributed by atoms with van der Waals surface area (Å²) in [5.41, 5.74) is -0.440. The summed E-state index contributed by atoms with van der Waals surface area (Å²) in [5, 5.41) is 7.83. The van der Waals surface area contributed by atoms with Gasteiger partial charge in [0.25, 0.3) is 5.91 Å². The molecule has 0 aliphatic carbocycles. The standard InChI is InChI=1S/C14H21FN2O3S/c1-4-14(5-2,6-3)17-13(18)10-7-11(15)9-12(8-10)21(16,19)20/h7-9H,4-6H2,1-3H3,(H,17,18)(H2,16,19,20). The molecule has 118 valence electrons. The summed E-state index contributed by atoms with van der Waals surface area (Å²) >= 11 is 0. The van der Waals surface area contributed by atoms with Crippen LogP contribution < -0.4 is 10.5 Å². The predicted molar refractivity (Wildman–Crippen MR) is 78.8 cm³/mol. The van der Waals surface area contributed by atoms with E-state index < -0.39 is 26.6 Å². The van der Waals surface area contributed by atoms with Crippen LogP contribution in [0, 0.1) is 5.82 Å². The fourth-order valence-corrected chi connectivity index (χ4v) is 2.75. The van der Waals surface area contributed by atoms with Gasteiger partial charge >= 0.3 is 0 Å². The normalized spacial score (nSPS) is 12.2. The van der Waals surface area contributed by atoms with Crippen molar-refractivity contribution >= 4 is 15.9 Å². The van der Waals surface area contributed by atoms with Crippen LogP contribution in [0.5, 0.6) is 0 Å². The van der Waals surface area contributed by atoms with E-state index in [-0.39, 0.29) is 11.1 Å². The molecule has 1 aromatic carbocycles. The van der Waals surface area contributed by atoms with Gasteiger partial charge in [-0.1, -0.05) is 20.8 Å². The second-order valence-electron chi connectivity index (χ2n) is 5.02. The Morgan fingerprint density at radius 3 is 2.14 bits per heavy atom. The van der Waals surface area contributed by atoms with Crippen molar-refractivity contribution in [3.63, 3.8) is 0 Å². The number of nitrogens with two attached hydrogens (primary N) is 1. The van der Waals surface area contributed by atoms with E-state index >= 15 is 0 Å². The van der Waals surface area contributed by atoms with Crippen LogP contribution in [0.25, 0.3) is 0 Å². The van der Waals surface area contributed by atoms with Crippen molar-refractivity contribution in [2.45, 2.75) is 50.5 Å². The molecule has 21 heavy (non-hydrogen) atoms. The highest BCUT2D eigenvalue weighted by Crippen LogP contribution is 2.21. The average molecular weight is 316 g/mol. The number of hydrogen-bond acceptors (Lipinski definition) is 3. The first-order chi connectivity index (χ1) is 9.67. The number of nitrogens with one attached hydrogen (secondary N) is 1. The summed E-state index contributed by atoms with van der Waals surface area (Å²) in [5.74, 6) is -1.33. The Bertz CT molecular complexity index is 617. The van der Waals surface area contributed by atoms with Crippen molar-refractivity contribution in [2.75, 3.05) is 0 Å². The number of sulfonamides is 1. The predicted octanol–water partition coefficient (Wildman–Crippen LogP) is 2.17. The number of carbonyl (C=O) groups excluding carboxylic acids is 1. The van der Waals surface area contributed by atoms with Crippen molar-refractivity contribution < 1.29 is 17.6 Å². The third-order valence-corrected chi connectivity index (χ3v) is 4.76. The van der Waals surface area contributed by atoms with Crippen molar-refractivity contribution in [1.29, 1.82) is 0 Å². The van der Waals surface area contributed by atoms with Crippen molar-refractivity contribution in [1.82, 2.24) is 5.32 Å². The Hall–Kier alpha value is -1.47. The molecule has 3 N–H and O–H groups in total. The zero-order valence-corrected chi connectivity index (χ0v) is 13.3. The van der Waals surface area contributed by atoms with Gasteiger partial charge in [-0.15, -0.1) is 0 Å². The molecule has 0 fully saturated rings. The molecule has 0 aliphatic heterocycles. The second kappa shape index (κ2) is 6.53. The number of amides is 1. The fourth-order valence-electron chi connectivity index (χ4n) is 2.19. The number of hydrogen-bond donors (Lipinski definition) is 2. The smallest absolute Gasteiger partial charge is 0.251 e. The van der Waals surface area contributed by atoms with Crippen LogP contribution in [0.2, 0.25) is 0 Å². The maximum absolute atomic E-state index is 13.5. The Labute approximate surface area is 124 Å². The maximum atomic E-state index is 13.5. The third-order valence-electron chi connectivity index (χ3n) is 3.87. The highest BCUT2D eigenvalue weighted by atomic mass is 32.2. The lowest BCUT2D eigenvalue weighted by Crippen LogP contribution is -2.47. The summed E-state index contributed by atoms with van der Waals surface area (Å²) in [7, 11) is -4.06. The van der Waals surface area contributed by atoms with Gasteiger partial charge in [-0.2, -0.15) is 0 Å². The summed E-state index contributed by atoms with van der Waals surface area (Å²) in [6, 6.07) is 2.87. The van der Waals surface area contributed by atoms with Gasteiger partial charge in [0.15, 0.2) is 0 Å². The van der Waals surface area contributed by atoms with E-state index in [9.17, 15) is 17.6 Å². The lowest BCUT2D eigenvalue weighted by Gasteiger charge is -2.31. The molecule has 1 amide bonds. The average Bonchev–Trinajstić information content (AvgIpc) is 2.43. The molecule has 1 rings (SSSR count). The third kappa shape index (κ3) is 4.25. The molecule has 5 nitrogen and oxygen atoms in total. The molecular weight excluding hydrogens is 295 g/mol. The quantitative estimate of drug-likeness (QED) is 0.843. The Morgan fingerprint density at radius 1 is 1.19 bits per heavy atom. The molecule has 0 unspecified atom stereocenters. The monoisotopic (exact) mass is 316 g/mol. The topological polar surface area (TPSA) is 89.3 Å². The van der Waals surface area contributed by atoms with Crippen LogP contribution in [-0.4, -0.2) is 19.9 Å². The van der Waals surface area contributed by atoms with Crippen LogP contribution in [0.1, 0.15) is 50.4 Å². The van der Waals surface area contributed by atoms with Crippen LogP contribution in [0.3, 0.4) is 0 Å². The summed E-state index contributed by atoms with van der Waals surface area (Å²) in [6.45, 7) is 5.86. The lowest BCUT2D eigenvalue weighted by atomic mass is 9.89. The molecule has 0 spiro atoms. The molecule has 0 bridgehead atoms. The minimum absolute atomic E-state index is 0.0567. The van der Waals surface area contributed by atoms with E-state index in [4.69, 9.17) is 5.14 Å². The SMILES string of the molecule is CCC(CC)(CC)NC(=O)c1cc(F)cc(S(N)(=O)=O)c1. The minimum atomic E-state index is -4.06. The molecule has 0 radical (unpaired) electrons. The molecule has 1 aromatic rings. The lowest BCUT2D eigenvalue weighted by molar-refractivity contribution is 0.0887. The highest BCUT2D eigenvalue weighted by Gasteiger charge is 2.27. The summed E-state index contributed by atoms with van der Waals surface area (Å²) in [4.78, 5) is 11.8. The highest BCUT2D eigenvalue weighted by molar-refractivity contribution is 7.89. The fraction of sp³-hybridized carbons (Fsp3) is 0.500. The largest absolute Gasteiger partial charge is 0.347 e. The van der Waals surface area contributed by atoms with Gasteiger partial charge in [-0.25, -0.2) is 17.9 Å². The van der Waals surface area contributed by atoms with E-state index in [1.807, 2.05) is 20.8 Å². The number of rotatable bonds is 6. The van der Waals surface area contributed by atoms with Gasteiger partial charge < -0.3 is 5.32 Å². The van der Waals surface area contributed by atoms with Gasteiger partial charge in [0.2, 0.25) is 10.0 Å². The molecular formula is C14H21FN2O3S. The van der Waals surface area contributed by atoms with Crippen LogP contribution in [0.4, 0.5) is 4.39 Å². The molecule has 0 aromatic heterocycles. The van der Waals surface area contributed by atoms with Crippen molar-refractivity contribution in [3.8, 4) is 0 Å². The van der Waals surface area contributed by atoms with Gasteiger partial charge in [0.1, 0.15) is 5.82 Å². The Balaban J connectivity index is 3.17. The van der Waals surface area contributed by atoms with E-state index in [0.717, 1.165) is 37.5 Å². The zero-order chi connectivity index (χ0) is 16.3. The maximum Gasteiger partial charge on any atom is 0.251 e. The van der Waals surface area contributed by atoms with Crippen LogP contribution in [-0.2, 0) is 10.0 Å². The Kier molecular flexibility index (Phi) is 5.47. The molecule has 0 heterocycles. The Morgan fingerprint density at radius 2 is 1.71 bits per heavy atom. The van der Waals surface area contributed by atoms with Crippen molar-refractivity contribution in [3.05, 3.63) is 29.6 Å². The van der Waals surface area contributed by atoms with Gasteiger partial charge in [0, 0.05) is 11.1 Å². The molecule has 0 saturated heterocycles. The van der Waals surface area contributed by atoms with Crippen LogP contribution in [0.15, 0.2) is 23.1 Å². The summed E-state index contributed by atoms with van der Waals surface area (Å²) < 4.78 is 36.1. The summed E-state index contributed by atoms with van der Waals surface area (Å²) in [6.07, 6.45) is 2.18. The van der Waals surface area contributed by atoms with Gasteiger partial charge in [-0.05, 0) is 37.5 Å². The van der Waals surface area contributed by atoms with E-state index in [1.54, 1.807) is 0 Å². The number of halogens is 1. The molecule has 7 heteroatoms. The zero-order valence-electron chi connectivity index (χ0n) is 12.4. The first-order valence-corrected chi connectivity index (χ1v) is 8.38.